The molecule has 4 heteroatoms. The summed E-state index contributed by atoms with van der Waals surface area (Å²) in [4.78, 5) is 2.07. The molecule has 1 rings (SSSR count). The molecule has 0 bridgehead atoms. The Hall–Kier alpha value is -0.970. The van der Waals surface area contributed by atoms with Gasteiger partial charge in [-0.15, -0.1) is 0 Å². The van der Waals surface area contributed by atoms with E-state index in [2.05, 4.69) is 11.8 Å². The molecule has 0 saturated carbocycles. The van der Waals surface area contributed by atoms with E-state index in [4.69, 9.17) is 10.8 Å². The molecule has 0 aliphatic carbocycles. The summed E-state index contributed by atoms with van der Waals surface area (Å²) < 4.78 is 13.8. The minimum Gasteiger partial charge on any atom is -0.395 e. The molecule has 0 unspecified atom stereocenters. The van der Waals surface area contributed by atoms with Gasteiger partial charge in [-0.05, 0) is 24.6 Å². The molecule has 1 aromatic carbocycles. The lowest BCUT2D eigenvalue weighted by Gasteiger charge is -2.21. The monoisotopic (exact) mass is 254 g/mol. The number of aliphatic hydroxyl groups is 1. The molecular formula is C14H23FN2O. The minimum atomic E-state index is -0.211. The molecule has 0 heterocycles. The average Bonchev–Trinajstić information content (AvgIpc) is 2.38. The van der Waals surface area contributed by atoms with E-state index < -0.39 is 0 Å². The van der Waals surface area contributed by atoms with Gasteiger partial charge in [0.2, 0.25) is 0 Å². The summed E-state index contributed by atoms with van der Waals surface area (Å²) in [5, 5.41) is 9.01. The van der Waals surface area contributed by atoms with Crippen molar-refractivity contribution in [1.82, 2.24) is 4.90 Å². The van der Waals surface area contributed by atoms with E-state index in [1.165, 1.54) is 6.07 Å². The molecule has 18 heavy (non-hydrogen) atoms. The van der Waals surface area contributed by atoms with Crippen LogP contribution in [-0.2, 0) is 13.1 Å². The van der Waals surface area contributed by atoms with Crippen LogP contribution in [0.15, 0.2) is 18.2 Å². The predicted octanol–water partition coefficient (Wildman–Crippen LogP) is 1.88. The highest BCUT2D eigenvalue weighted by Gasteiger charge is 2.09. The van der Waals surface area contributed by atoms with Crippen LogP contribution in [0, 0.1) is 5.82 Å². The van der Waals surface area contributed by atoms with E-state index in [0.717, 1.165) is 24.9 Å². The number of unbranched alkanes of at least 4 members (excludes halogenated alkanes) is 1. The van der Waals surface area contributed by atoms with Crippen molar-refractivity contribution in [3.8, 4) is 0 Å². The van der Waals surface area contributed by atoms with E-state index in [-0.39, 0.29) is 12.4 Å². The maximum absolute atomic E-state index is 13.8. The molecule has 3 N–H and O–H groups in total. The quantitative estimate of drug-likeness (QED) is 0.744. The van der Waals surface area contributed by atoms with Gasteiger partial charge in [0.05, 0.1) is 6.61 Å². The molecule has 3 nitrogen and oxygen atoms in total. The van der Waals surface area contributed by atoms with Gasteiger partial charge in [-0.25, -0.2) is 4.39 Å². The summed E-state index contributed by atoms with van der Waals surface area (Å²) in [5.41, 5.74) is 6.94. The van der Waals surface area contributed by atoms with Gasteiger partial charge in [-0.2, -0.15) is 0 Å². The average molecular weight is 254 g/mol. The number of rotatable bonds is 8. The van der Waals surface area contributed by atoms with Gasteiger partial charge >= 0.3 is 0 Å². The number of hydrogen-bond acceptors (Lipinski definition) is 3. The predicted molar refractivity (Wildman–Crippen MR) is 71.6 cm³/mol. The largest absolute Gasteiger partial charge is 0.395 e. The van der Waals surface area contributed by atoms with Crippen LogP contribution in [0.25, 0.3) is 0 Å². The molecular weight excluding hydrogens is 231 g/mol. The first-order valence-corrected chi connectivity index (χ1v) is 6.51. The Morgan fingerprint density at radius 2 is 2.11 bits per heavy atom. The summed E-state index contributed by atoms with van der Waals surface area (Å²) in [6.07, 6.45) is 2.15. The lowest BCUT2D eigenvalue weighted by molar-refractivity contribution is 0.187. The number of nitrogens with zero attached hydrogens (tertiary/aromatic N) is 1. The summed E-state index contributed by atoms with van der Waals surface area (Å²) in [6, 6.07) is 5.13. The minimum absolute atomic E-state index is 0.103. The number of halogens is 1. The van der Waals surface area contributed by atoms with Gasteiger partial charge < -0.3 is 10.8 Å². The number of aliphatic hydroxyl groups excluding tert-OH is 1. The topological polar surface area (TPSA) is 49.5 Å². The molecule has 0 saturated heterocycles. The second kappa shape index (κ2) is 8.19. The fourth-order valence-corrected chi connectivity index (χ4v) is 1.88. The molecule has 0 fully saturated rings. The summed E-state index contributed by atoms with van der Waals surface area (Å²) in [5.74, 6) is -0.211. The summed E-state index contributed by atoms with van der Waals surface area (Å²) in [6.45, 7) is 4.58. The molecule has 0 aliphatic heterocycles. The van der Waals surface area contributed by atoms with Crippen LogP contribution in [0.1, 0.15) is 30.9 Å². The maximum Gasteiger partial charge on any atom is 0.128 e. The Bertz CT molecular complexity index is 358. The first-order valence-electron chi connectivity index (χ1n) is 6.51. The van der Waals surface area contributed by atoms with Crippen LogP contribution >= 0.6 is 0 Å². The van der Waals surface area contributed by atoms with Gasteiger partial charge in [0.25, 0.3) is 0 Å². The van der Waals surface area contributed by atoms with Gasteiger partial charge in [-0.1, -0.05) is 25.5 Å². The summed E-state index contributed by atoms with van der Waals surface area (Å²) in [7, 11) is 0. The van der Waals surface area contributed by atoms with E-state index in [9.17, 15) is 4.39 Å². The smallest absolute Gasteiger partial charge is 0.128 e. The number of benzene rings is 1. The molecule has 1 aromatic rings. The normalized spacial score (nSPS) is 11.2. The number of hydrogen-bond donors (Lipinski definition) is 2. The summed E-state index contributed by atoms with van der Waals surface area (Å²) >= 11 is 0. The zero-order valence-electron chi connectivity index (χ0n) is 11.0. The van der Waals surface area contributed by atoms with Gasteiger partial charge in [0.1, 0.15) is 5.82 Å². The lowest BCUT2D eigenvalue weighted by atomic mass is 10.1. The van der Waals surface area contributed by atoms with E-state index in [1.54, 1.807) is 6.07 Å². The van der Waals surface area contributed by atoms with Crippen molar-refractivity contribution in [2.24, 2.45) is 5.73 Å². The van der Waals surface area contributed by atoms with Crippen molar-refractivity contribution in [2.45, 2.75) is 32.9 Å². The maximum atomic E-state index is 13.8. The first kappa shape index (κ1) is 15.1. The third kappa shape index (κ3) is 4.72. The van der Waals surface area contributed by atoms with Crippen LogP contribution in [0.5, 0.6) is 0 Å². The Labute approximate surface area is 108 Å². The van der Waals surface area contributed by atoms with Crippen LogP contribution in [0.2, 0.25) is 0 Å². The third-order valence-electron chi connectivity index (χ3n) is 2.99. The zero-order chi connectivity index (χ0) is 13.4. The van der Waals surface area contributed by atoms with Crippen LogP contribution in [-0.4, -0.2) is 29.7 Å². The second-order valence-electron chi connectivity index (χ2n) is 4.48. The molecule has 0 aliphatic rings. The second-order valence-corrected chi connectivity index (χ2v) is 4.48. The van der Waals surface area contributed by atoms with E-state index in [1.807, 2.05) is 6.07 Å². The molecule has 0 radical (unpaired) electrons. The highest BCUT2D eigenvalue weighted by molar-refractivity contribution is 5.24. The number of nitrogens with two attached hydrogens (primary N) is 1. The van der Waals surface area contributed by atoms with Gasteiger partial charge in [0, 0.05) is 25.2 Å². The van der Waals surface area contributed by atoms with Crippen molar-refractivity contribution < 1.29 is 9.50 Å². The SMILES string of the molecule is CCCCN(CCO)Cc1ccc(CN)cc1F. The van der Waals surface area contributed by atoms with Gasteiger partial charge in [0.15, 0.2) is 0 Å². The Morgan fingerprint density at radius 1 is 1.33 bits per heavy atom. The Balaban J connectivity index is 2.67. The van der Waals surface area contributed by atoms with Crippen molar-refractivity contribution in [1.29, 1.82) is 0 Å². The standard InChI is InChI=1S/C14H23FN2O/c1-2-3-6-17(7-8-18)11-13-5-4-12(10-16)9-14(13)15/h4-5,9,18H,2-3,6-8,10-11,16H2,1H3. The highest BCUT2D eigenvalue weighted by Crippen LogP contribution is 2.13. The van der Waals surface area contributed by atoms with Crippen molar-refractivity contribution >= 4 is 0 Å². The highest BCUT2D eigenvalue weighted by atomic mass is 19.1. The van der Waals surface area contributed by atoms with Crippen LogP contribution in [0.3, 0.4) is 0 Å². The van der Waals surface area contributed by atoms with Crippen LogP contribution < -0.4 is 5.73 Å². The molecule has 0 aromatic heterocycles. The lowest BCUT2D eigenvalue weighted by Crippen LogP contribution is -2.28. The third-order valence-corrected chi connectivity index (χ3v) is 2.99. The fourth-order valence-electron chi connectivity index (χ4n) is 1.88. The Morgan fingerprint density at radius 3 is 2.67 bits per heavy atom. The molecule has 102 valence electrons. The van der Waals surface area contributed by atoms with Crippen LogP contribution in [0.4, 0.5) is 4.39 Å². The van der Waals surface area contributed by atoms with Crippen molar-refractivity contribution in [3.63, 3.8) is 0 Å². The van der Waals surface area contributed by atoms with Crippen molar-refractivity contribution in [3.05, 3.63) is 35.1 Å². The zero-order valence-corrected chi connectivity index (χ0v) is 11.0. The fraction of sp³-hybridized carbons (Fsp3) is 0.571. The van der Waals surface area contributed by atoms with Crippen molar-refractivity contribution in [2.75, 3.05) is 19.7 Å². The first-order chi connectivity index (χ1) is 8.71. The van der Waals surface area contributed by atoms with E-state index >= 15 is 0 Å². The molecule has 0 amide bonds. The van der Waals surface area contributed by atoms with Gasteiger partial charge in [-0.3, -0.25) is 4.90 Å². The van der Waals surface area contributed by atoms with E-state index in [0.29, 0.717) is 25.2 Å². The molecule has 0 atom stereocenters. The Kier molecular flexibility index (Phi) is 6.86. The molecule has 0 spiro atoms.